The first-order chi connectivity index (χ1) is 13.8. The monoisotopic (exact) mass is 398 g/mol. The average molecular weight is 398 g/mol. The number of anilines is 1. The predicted molar refractivity (Wildman–Crippen MR) is 105 cm³/mol. The number of aliphatic carboxylic acids is 1. The average Bonchev–Trinajstić information content (AvgIpc) is 3.04. The lowest BCUT2D eigenvalue weighted by Gasteiger charge is -2.29. The van der Waals surface area contributed by atoms with Crippen molar-refractivity contribution in [3.63, 3.8) is 0 Å². The summed E-state index contributed by atoms with van der Waals surface area (Å²) in [4.78, 5) is 32.8. The second-order valence-corrected chi connectivity index (χ2v) is 6.79. The van der Waals surface area contributed by atoms with Crippen molar-refractivity contribution in [1.82, 2.24) is 0 Å². The van der Waals surface area contributed by atoms with Crippen LogP contribution in [0.2, 0.25) is 0 Å². The van der Waals surface area contributed by atoms with Gasteiger partial charge in [-0.15, -0.1) is 0 Å². The van der Waals surface area contributed by atoms with Gasteiger partial charge in [0.25, 0.3) is 5.69 Å². The quantitative estimate of drug-likeness (QED) is 0.556. The lowest BCUT2D eigenvalue weighted by molar-refractivity contribution is -0.393. The Morgan fingerprint density at radius 2 is 1.86 bits per heavy atom. The van der Waals surface area contributed by atoms with Gasteiger partial charge < -0.3 is 5.11 Å². The Hall–Kier alpha value is -3.82. The van der Waals surface area contributed by atoms with Gasteiger partial charge in [0.1, 0.15) is 11.1 Å². The molecule has 10 nitrogen and oxygen atoms in total. The number of nitro benzene ring substituents is 2. The molecule has 1 aliphatic rings. The van der Waals surface area contributed by atoms with Crippen molar-refractivity contribution in [2.75, 3.05) is 5.43 Å². The third-order valence-electron chi connectivity index (χ3n) is 5.39. The maximum Gasteiger partial charge on any atom is 0.314 e. The normalized spacial score (nSPS) is 22.4. The molecule has 1 fully saturated rings. The molecule has 1 aliphatic carbocycles. The number of rotatable bonds is 6. The number of nitrogens with one attached hydrogen (secondary N) is 1. The number of nitro groups is 2. The first kappa shape index (κ1) is 19.9. The first-order valence-electron chi connectivity index (χ1n) is 8.81. The molecule has 2 N–H and O–H groups in total. The van der Waals surface area contributed by atoms with Gasteiger partial charge in [-0.05, 0) is 24.5 Å². The van der Waals surface area contributed by atoms with Crippen LogP contribution in [0.15, 0.2) is 53.6 Å². The van der Waals surface area contributed by atoms with E-state index in [4.69, 9.17) is 0 Å². The topological polar surface area (TPSA) is 148 Å². The highest BCUT2D eigenvalue weighted by Gasteiger charge is 2.51. The molecule has 2 aromatic rings. The van der Waals surface area contributed by atoms with Crippen LogP contribution in [-0.2, 0) is 10.2 Å². The van der Waals surface area contributed by atoms with Crippen molar-refractivity contribution in [3.05, 3.63) is 74.3 Å². The molecule has 150 valence electrons. The smallest absolute Gasteiger partial charge is 0.314 e. The Morgan fingerprint density at radius 3 is 2.45 bits per heavy atom. The maximum atomic E-state index is 12.2. The van der Waals surface area contributed by atoms with Crippen LogP contribution in [0.3, 0.4) is 0 Å². The van der Waals surface area contributed by atoms with Gasteiger partial charge in [0.05, 0.1) is 15.9 Å². The molecule has 0 aliphatic heterocycles. The van der Waals surface area contributed by atoms with Crippen LogP contribution >= 0.6 is 0 Å². The number of benzene rings is 2. The second kappa shape index (κ2) is 7.66. The minimum Gasteiger partial charge on any atom is -0.481 e. The molecule has 3 rings (SSSR count). The lowest BCUT2D eigenvalue weighted by Crippen LogP contribution is -2.39. The van der Waals surface area contributed by atoms with E-state index in [1.54, 1.807) is 31.2 Å². The standard InChI is InChI=1S/C19H18N4O6/c1-12-15(9-10-19(12,18(24)25)13-5-3-2-4-6-13)20-21-16-8-7-14(22(26)27)11-17(16)23(28)29/h2-8,11-12,21H,9-10H2,1H3,(H,24,25)/b20-15-/t12-,19+/m0/s1. The van der Waals surface area contributed by atoms with Gasteiger partial charge in [-0.25, -0.2) is 0 Å². The summed E-state index contributed by atoms with van der Waals surface area (Å²) in [5.74, 6) is -1.41. The minimum atomic E-state index is -1.14. The van der Waals surface area contributed by atoms with E-state index in [1.165, 1.54) is 6.07 Å². The Kier molecular flexibility index (Phi) is 5.26. The zero-order valence-corrected chi connectivity index (χ0v) is 15.4. The summed E-state index contributed by atoms with van der Waals surface area (Å²) in [5, 5.41) is 36.3. The zero-order valence-electron chi connectivity index (χ0n) is 15.4. The summed E-state index contributed by atoms with van der Waals surface area (Å²) in [6.07, 6.45) is 0.743. The number of carbonyl (C=O) groups is 1. The Morgan fingerprint density at radius 1 is 1.17 bits per heavy atom. The Bertz CT molecular complexity index is 1010. The summed E-state index contributed by atoms with van der Waals surface area (Å²) in [7, 11) is 0. The molecular weight excluding hydrogens is 380 g/mol. The fraction of sp³-hybridized carbons (Fsp3) is 0.263. The molecule has 0 heterocycles. The van der Waals surface area contributed by atoms with Crippen LogP contribution in [0.25, 0.3) is 0 Å². The highest BCUT2D eigenvalue weighted by atomic mass is 16.6. The molecule has 2 atom stereocenters. The van der Waals surface area contributed by atoms with E-state index in [0.29, 0.717) is 24.1 Å². The Balaban J connectivity index is 1.92. The molecule has 0 unspecified atom stereocenters. The molecule has 0 amide bonds. The molecule has 1 saturated carbocycles. The highest BCUT2D eigenvalue weighted by Crippen LogP contribution is 2.44. The summed E-state index contributed by atoms with van der Waals surface area (Å²) in [6.45, 7) is 1.76. The molecule has 0 saturated heterocycles. The number of hydrogen-bond donors (Lipinski definition) is 2. The molecule has 0 spiro atoms. The predicted octanol–water partition coefficient (Wildman–Crippen LogP) is 3.72. The van der Waals surface area contributed by atoms with E-state index in [1.807, 2.05) is 6.07 Å². The number of carboxylic acids is 1. The lowest BCUT2D eigenvalue weighted by atomic mass is 9.73. The molecular formula is C19H18N4O6. The first-order valence-corrected chi connectivity index (χ1v) is 8.81. The largest absolute Gasteiger partial charge is 0.481 e. The van der Waals surface area contributed by atoms with Gasteiger partial charge >= 0.3 is 11.7 Å². The molecule has 0 bridgehead atoms. The molecule has 29 heavy (non-hydrogen) atoms. The van der Waals surface area contributed by atoms with Crippen LogP contribution in [0, 0.1) is 26.1 Å². The number of hydrogen-bond acceptors (Lipinski definition) is 7. The summed E-state index contributed by atoms with van der Waals surface area (Å²) >= 11 is 0. The molecule has 0 radical (unpaired) electrons. The Labute approximate surface area is 165 Å². The summed E-state index contributed by atoms with van der Waals surface area (Å²) < 4.78 is 0. The van der Waals surface area contributed by atoms with E-state index in [2.05, 4.69) is 10.5 Å². The maximum absolute atomic E-state index is 12.2. The van der Waals surface area contributed by atoms with Crippen LogP contribution < -0.4 is 5.43 Å². The van der Waals surface area contributed by atoms with Crippen molar-refractivity contribution < 1.29 is 19.7 Å². The van der Waals surface area contributed by atoms with Gasteiger partial charge in [-0.3, -0.25) is 30.4 Å². The van der Waals surface area contributed by atoms with Gasteiger partial charge in [-0.1, -0.05) is 37.3 Å². The van der Waals surface area contributed by atoms with E-state index < -0.39 is 38.5 Å². The van der Waals surface area contributed by atoms with E-state index in [0.717, 1.165) is 12.1 Å². The van der Waals surface area contributed by atoms with Gasteiger partial charge in [0, 0.05) is 17.7 Å². The summed E-state index contributed by atoms with van der Waals surface area (Å²) in [6, 6.07) is 12.1. The second-order valence-electron chi connectivity index (χ2n) is 6.79. The third kappa shape index (κ3) is 3.51. The fourth-order valence-corrected chi connectivity index (χ4v) is 3.75. The van der Waals surface area contributed by atoms with Crippen molar-refractivity contribution in [3.8, 4) is 0 Å². The van der Waals surface area contributed by atoms with Crippen molar-refractivity contribution in [2.24, 2.45) is 11.0 Å². The number of nitrogens with zero attached hydrogens (tertiary/aromatic N) is 3. The minimum absolute atomic E-state index is 0.00663. The van der Waals surface area contributed by atoms with Crippen molar-refractivity contribution in [2.45, 2.75) is 25.2 Å². The number of carboxylic acid groups (broad SMARTS) is 1. The van der Waals surface area contributed by atoms with Crippen molar-refractivity contribution >= 4 is 28.7 Å². The molecule has 10 heteroatoms. The van der Waals surface area contributed by atoms with Crippen LogP contribution in [-0.4, -0.2) is 26.6 Å². The van der Waals surface area contributed by atoms with E-state index >= 15 is 0 Å². The van der Waals surface area contributed by atoms with Crippen LogP contribution in [0.5, 0.6) is 0 Å². The SMILES string of the molecule is C[C@H]1/C(=N\Nc2ccc([N+](=O)[O-])cc2[N+](=O)[O-])CC[C@]1(C(=O)O)c1ccccc1. The number of hydrazone groups is 1. The molecule has 2 aromatic carbocycles. The highest BCUT2D eigenvalue weighted by molar-refractivity contribution is 5.99. The van der Waals surface area contributed by atoms with Crippen LogP contribution in [0.4, 0.5) is 17.1 Å². The van der Waals surface area contributed by atoms with E-state index in [-0.39, 0.29) is 5.69 Å². The van der Waals surface area contributed by atoms with Crippen LogP contribution in [0.1, 0.15) is 25.3 Å². The van der Waals surface area contributed by atoms with Gasteiger partial charge in [0.2, 0.25) is 0 Å². The zero-order chi connectivity index (χ0) is 21.2. The van der Waals surface area contributed by atoms with Crippen molar-refractivity contribution in [1.29, 1.82) is 0 Å². The number of non-ortho nitro benzene ring substituents is 1. The van der Waals surface area contributed by atoms with Gasteiger partial charge in [0.15, 0.2) is 0 Å². The third-order valence-corrected chi connectivity index (χ3v) is 5.39. The fourth-order valence-electron chi connectivity index (χ4n) is 3.75. The summed E-state index contributed by atoms with van der Waals surface area (Å²) in [5.41, 5.74) is 1.79. The van der Waals surface area contributed by atoms with Gasteiger partial charge in [-0.2, -0.15) is 5.10 Å². The van der Waals surface area contributed by atoms with E-state index in [9.17, 15) is 30.1 Å². The molecule has 0 aromatic heterocycles.